The van der Waals surface area contributed by atoms with E-state index in [1.54, 1.807) is 18.5 Å². The van der Waals surface area contributed by atoms with Crippen LogP contribution >= 0.6 is 24.0 Å². The highest BCUT2D eigenvalue weighted by atomic mass is 32.2. The number of pyridine rings is 1. The van der Waals surface area contributed by atoms with E-state index < -0.39 is 0 Å². The van der Waals surface area contributed by atoms with Crippen LogP contribution in [0.15, 0.2) is 9.70 Å². The van der Waals surface area contributed by atoms with Gasteiger partial charge in [-0.05, 0) is 44.2 Å². The molecule has 0 radical (unpaired) electrons. The van der Waals surface area contributed by atoms with E-state index in [0.717, 1.165) is 50.2 Å². The highest BCUT2D eigenvalue weighted by molar-refractivity contribution is 8.26. The molecule has 0 atom stereocenters. The first-order chi connectivity index (χ1) is 13.9. The molecule has 29 heavy (non-hydrogen) atoms. The molecule has 0 aliphatic carbocycles. The van der Waals surface area contributed by atoms with Crippen LogP contribution in [0, 0.1) is 18.3 Å². The maximum absolute atomic E-state index is 13.1. The molecule has 0 spiro atoms. The molecule has 2 saturated heterocycles. The summed E-state index contributed by atoms with van der Waals surface area (Å²) in [4.78, 5) is 30.0. The average molecular weight is 431 g/mol. The fraction of sp³-hybridized carbons (Fsp3) is 0.524. The Hall–Kier alpha value is -2.11. The van der Waals surface area contributed by atoms with E-state index in [4.69, 9.17) is 12.2 Å². The van der Waals surface area contributed by atoms with Crippen LogP contribution in [-0.2, 0) is 11.3 Å². The van der Waals surface area contributed by atoms with E-state index in [-0.39, 0.29) is 17.0 Å². The van der Waals surface area contributed by atoms with Gasteiger partial charge in [-0.25, -0.2) is 0 Å². The molecule has 6 nitrogen and oxygen atoms in total. The van der Waals surface area contributed by atoms with Crippen molar-refractivity contribution in [2.24, 2.45) is 0 Å². The van der Waals surface area contributed by atoms with Gasteiger partial charge in [0, 0.05) is 32.2 Å². The third kappa shape index (κ3) is 4.12. The van der Waals surface area contributed by atoms with Crippen molar-refractivity contribution in [1.29, 1.82) is 5.26 Å². The molecule has 0 saturated carbocycles. The van der Waals surface area contributed by atoms with Gasteiger partial charge in [0.15, 0.2) is 0 Å². The van der Waals surface area contributed by atoms with Crippen molar-refractivity contribution in [3.63, 3.8) is 0 Å². The van der Waals surface area contributed by atoms with Crippen molar-refractivity contribution in [2.45, 2.75) is 52.5 Å². The zero-order valence-corrected chi connectivity index (χ0v) is 18.8. The second-order valence-corrected chi connectivity index (χ2v) is 9.12. The molecule has 3 heterocycles. The number of unbranched alkanes of at least 4 members (excludes halogenated alkanes) is 1. The molecule has 0 unspecified atom stereocenters. The molecular formula is C21H26N4O2S2. The number of hydrogen-bond donors (Lipinski definition) is 0. The van der Waals surface area contributed by atoms with E-state index in [0.29, 0.717) is 21.3 Å². The maximum atomic E-state index is 13.1. The van der Waals surface area contributed by atoms with Gasteiger partial charge >= 0.3 is 0 Å². The number of piperidine rings is 1. The zero-order valence-electron chi connectivity index (χ0n) is 17.2. The summed E-state index contributed by atoms with van der Waals surface area (Å²) in [6.45, 7) is 6.18. The second kappa shape index (κ2) is 9.14. The van der Waals surface area contributed by atoms with Gasteiger partial charge in [0.25, 0.3) is 11.5 Å². The predicted octanol–water partition coefficient (Wildman–Crippen LogP) is 3.65. The Morgan fingerprint density at radius 3 is 2.48 bits per heavy atom. The lowest BCUT2D eigenvalue weighted by atomic mass is 10.0. The summed E-state index contributed by atoms with van der Waals surface area (Å²) in [5.41, 5.74) is 1.33. The number of thioether (sulfide) groups is 1. The molecule has 2 fully saturated rings. The highest BCUT2D eigenvalue weighted by Gasteiger charge is 2.31. The molecule has 8 heteroatoms. The summed E-state index contributed by atoms with van der Waals surface area (Å²) >= 11 is 6.53. The van der Waals surface area contributed by atoms with Crippen molar-refractivity contribution in [3.8, 4) is 6.07 Å². The normalized spacial score (nSPS) is 18.6. The van der Waals surface area contributed by atoms with Crippen LogP contribution in [0.2, 0.25) is 0 Å². The molecule has 3 rings (SSSR count). The standard InChI is InChI=1S/C21H26N4O2S2/c1-4-5-11-25-18(24-9-7-6-8-10-24)15(14(2)16(13-22)19(25)26)12-17-20(27)23(3)21(28)29-17/h12H,4-11H2,1-3H3. The lowest BCUT2D eigenvalue weighted by molar-refractivity contribution is -0.121. The number of nitriles is 1. The number of hydrogen-bond acceptors (Lipinski definition) is 6. The van der Waals surface area contributed by atoms with Crippen LogP contribution in [0.1, 0.15) is 55.7 Å². The van der Waals surface area contributed by atoms with Crippen molar-refractivity contribution < 1.29 is 4.79 Å². The number of likely N-dealkylation sites (N-methyl/N-ethyl adjacent to an activating group) is 1. The fourth-order valence-electron chi connectivity index (χ4n) is 3.79. The van der Waals surface area contributed by atoms with Crippen LogP contribution in [0.4, 0.5) is 5.82 Å². The first-order valence-corrected chi connectivity index (χ1v) is 11.3. The van der Waals surface area contributed by atoms with Gasteiger partial charge in [-0.3, -0.25) is 19.1 Å². The minimum Gasteiger partial charge on any atom is -0.357 e. The zero-order chi connectivity index (χ0) is 21.1. The smallest absolute Gasteiger partial charge is 0.270 e. The number of rotatable bonds is 5. The summed E-state index contributed by atoms with van der Waals surface area (Å²) in [7, 11) is 1.67. The number of aromatic nitrogens is 1. The monoisotopic (exact) mass is 430 g/mol. The Labute approximate surface area is 181 Å². The summed E-state index contributed by atoms with van der Waals surface area (Å²) in [5.74, 6) is 0.690. The minimum atomic E-state index is -0.237. The molecule has 0 aromatic carbocycles. The Morgan fingerprint density at radius 1 is 1.24 bits per heavy atom. The first kappa shape index (κ1) is 21.6. The van der Waals surface area contributed by atoms with Crippen LogP contribution in [0.25, 0.3) is 6.08 Å². The molecule has 1 aromatic rings. The number of thiocarbonyl (C=S) groups is 1. The lowest BCUT2D eigenvalue weighted by Crippen LogP contribution is -2.37. The van der Waals surface area contributed by atoms with Crippen LogP contribution < -0.4 is 10.5 Å². The molecule has 154 valence electrons. The summed E-state index contributed by atoms with van der Waals surface area (Å²) < 4.78 is 2.26. The summed E-state index contributed by atoms with van der Waals surface area (Å²) in [5, 5.41) is 9.67. The Balaban J connectivity index is 2.27. The third-order valence-corrected chi connectivity index (χ3v) is 6.98. The number of nitrogens with zero attached hydrogens (tertiary/aromatic N) is 4. The largest absolute Gasteiger partial charge is 0.357 e. The topological polar surface area (TPSA) is 69.3 Å². The molecule has 2 aliphatic rings. The number of carbonyl (C=O) groups is 1. The minimum absolute atomic E-state index is 0.145. The van der Waals surface area contributed by atoms with E-state index in [1.807, 2.05) is 6.08 Å². The number of carbonyl (C=O) groups excluding carboxylic acids is 1. The van der Waals surface area contributed by atoms with Crippen LogP contribution in [-0.4, -0.2) is 39.8 Å². The van der Waals surface area contributed by atoms with Gasteiger partial charge in [-0.1, -0.05) is 37.3 Å². The Kier molecular flexibility index (Phi) is 6.81. The van der Waals surface area contributed by atoms with E-state index in [1.165, 1.54) is 23.1 Å². The van der Waals surface area contributed by atoms with Gasteiger partial charge in [-0.2, -0.15) is 5.26 Å². The molecule has 1 amide bonds. The Bertz CT molecular complexity index is 968. The second-order valence-electron chi connectivity index (χ2n) is 7.45. The fourth-order valence-corrected chi connectivity index (χ4v) is 4.95. The molecule has 2 aliphatic heterocycles. The average Bonchev–Trinajstić information content (AvgIpc) is 2.96. The number of amides is 1. The first-order valence-electron chi connectivity index (χ1n) is 10.0. The maximum Gasteiger partial charge on any atom is 0.270 e. The van der Waals surface area contributed by atoms with Crippen molar-refractivity contribution in [2.75, 3.05) is 25.0 Å². The van der Waals surface area contributed by atoms with Crippen LogP contribution in [0.3, 0.4) is 0 Å². The van der Waals surface area contributed by atoms with Crippen LogP contribution in [0.5, 0.6) is 0 Å². The molecule has 0 bridgehead atoms. The third-order valence-electron chi connectivity index (χ3n) is 5.50. The predicted molar refractivity (Wildman–Crippen MR) is 122 cm³/mol. The van der Waals surface area contributed by atoms with Crippen molar-refractivity contribution in [3.05, 3.63) is 31.9 Å². The van der Waals surface area contributed by atoms with Gasteiger partial charge in [0.1, 0.15) is 21.8 Å². The molecular weight excluding hydrogens is 404 g/mol. The molecule has 0 N–H and O–H groups in total. The van der Waals surface area contributed by atoms with Gasteiger partial charge in [0.05, 0.1) is 4.91 Å². The van der Waals surface area contributed by atoms with Gasteiger partial charge in [-0.15, -0.1) is 0 Å². The molecule has 1 aromatic heterocycles. The Morgan fingerprint density at radius 2 is 1.93 bits per heavy atom. The van der Waals surface area contributed by atoms with E-state index >= 15 is 0 Å². The number of anilines is 1. The van der Waals surface area contributed by atoms with Crippen molar-refractivity contribution >= 4 is 46.1 Å². The summed E-state index contributed by atoms with van der Waals surface area (Å²) in [6, 6.07) is 2.10. The summed E-state index contributed by atoms with van der Waals surface area (Å²) in [6.07, 6.45) is 6.94. The van der Waals surface area contributed by atoms with Crippen molar-refractivity contribution in [1.82, 2.24) is 9.47 Å². The van der Waals surface area contributed by atoms with Gasteiger partial charge in [0.2, 0.25) is 0 Å². The lowest BCUT2D eigenvalue weighted by Gasteiger charge is -2.33. The SMILES string of the molecule is CCCCn1c(N2CCCCC2)c(C=C2SC(=S)N(C)C2=O)c(C)c(C#N)c1=O. The quantitative estimate of drug-likeness (QED) is 0.525. The highest BCUT2D eigenvalue weighted by Crippen LogP contribution is 2.35. The van der Waals surface area contributed by atoms with Gasteiger partial charge < -0.3 is 4.90 Å². The van der Waals surface area contributed by atoms with E-state index in [2.05, 4.69) is 17.9 Å². The van der Waals surface area contributed by atoms with E-state index in [9.17, 15) is 14.9 Å².